The molecule has 0 aliphatic rings. The normalized spacial score (nSPS) is 10.2. The molecule has 0 radical (unpaired) electrons. The smallest absolute Gasteiger partial charge is 0.269 e. The van der Waals surface area contributed by atoms with Gasteiger partial charge in [-0.1, -0.05) is 29.8 Å². The molecule has 2 aromatic rings. The molecule has 144 valence electrons. The van der Waals surface area contributed by atoms with Crippen LogP contribution in [0.2, 0.25) is 5.02 Å². The summed E-state index contributed by atoms with van der Waals surface area (Å²) >= 11 is 11.0. The van der Waals surface area contributed by atoms with E-state index in [1.165, 1.54) is 25.1 Å². The summed E-state index contributed by atoms with van der Waals surface area (Å²) < 4.78 is 0. The number of halogens is 1. The Bertz CT molecular complexity index is 929. The summed E-state index contributed by atoms with van der Waals surface area (Å²) in [7, 11) is 0. The van der Waals surface area contributed by atoms with Gasteiger partial charge in [0.15, 0.2) is 5.11 Å². The Hall–Kier alpha value is -3.23. The standard InChI is InChI=1S/C19H17ClN4O3S/c1-12(25)21-15-9-6-14(7-10-15)18(27)23-24-19(28)22-17(26)11-8-13-4-2-3-5-16(13)20/h2-11H,1H3,(H,21,25)(H,23,27)(H2,22,24,26,28). The molecule has 0 aliphatic heterocycles. The number of thiocarbonyl (C=S) groups is 1. The third kappa shape index (κ3) is 6.82. The molecular weight excluding hydrogens is 400 g/mol. The second kappa shape index (κ2) is 10.2. The zero-order valence-electron chi connectivity index (χ0n) is 14.8. The maximum absolute atomic E-state index is 12.1. The number of carbonyl (C=O) groups excluding carboxylic acids is 3. The highest BCUT2D eigenvalue weighted by atomic mass is 35.5. The zero-order chi connectivity index (χ0) is 20.5. The van der Waals surface area contributed by atoms with Gasteiger partial charge in [0.2, 0.25) is 11.8 Å². The lowest BCUT2D eigenvalue weighted by Gasteiger charge is -2.10. The Morgan fingerprint density at radius 2 is 1.68 bits per heavy atom. The molecule has 9 heteroatoms. The van der Waals surface area contributed by atoms with Gasteiger partial charge in [0.1, 0.15) is 0 Å². The van der Waals surface area contributed by atoms with E-state index < -0.39 is 11.8 Å². The van der Waals surface area contributed by atoms with Gasteiger partial charge in [0.05, 0.1) is 0 Å². The average molecular weight is 417 g/mol. The monoisotopic (exact) mass is 416 g/mol. The van der Waals surface area contributed by atoms with Crippen LogP contribution >= 0.6 is 23.8 Å². The molecule has 4 N–H and O–H groups in total. The molecule has 3 amide bonds. The summed E-state index contributed by atoms with van der Waals surface area (Å²) in [6.07, 6.45) is 2.83. The zero-order valence-corrected chi connectivity index (χ0v) is 16.4. The first-order valence-corrected chi connectivity index (χ1v) is 8.85. The van der Waals surface area contributed by atoms with E-state index in [1.807, 2.05) is 0 Å². The Balaban J connectivity index is 1.81. The van der Waals surface area contributed by atoms with E-state index in [0.29, 0.717) is 21.8 Å². The van der Waals surface area contributed by atoms with Crippen LogP contribution < -0.4 is 21.5 Å². The van der Waals surface area contributed by atoms with Crippen molar-refractivity contribution in [3.05, 3.63) is 70.8 Å². The number of hydrazine groups is 1. The Morgan fingerprint density at radius 1 is 1.00 bits per heavy atom. The van der Waals surface area contributed by atoms with Gasteiger partial charge in [0.25, 0.3) is 5.91 Å². The fraction of sp³-hybridized carbons (Fsp3) is 0.0526. The highest BCUT2D eigenvalue weighted by Crippen LogP contribution is 2.16. The number of benzene rings is 2. The molecule has 0 fully saturated rings. The first kappa shape index (κ1) is 21.1. The molecule has 0 aromatic heterocycles. The number of rotatable bonds is 4. The highest BCUT2D eigenvalue weighted by Gasteiger charge is 2.07. The van der Waals surface area contributed by atoms with Gasteiger partial charge in [-0.3, -0.25) is 30.6 Å². The summed E-state index contributed by atoms with van der Waals surface area (Å²) in [6.45, 7) is 1.39. The summed E-state index contributed by atoms with van der Waals surface area (Å²) in [5, 5.41) is 5.44. The highest BCUT2D eigenvalue weighted by molar-refractivity contribution is 7.80. The minimum absolute atomic E-state index is 0.0722. The fourth-order valence-electron chi connectivity index (χ4n) is 2.05. The third-order valence-corrected chi connectivity index (χ3v) is 3.86. The SMILES string of the molecule is CC(=O)Nc1ccc(C(=O)NNC(=S)NC(=O)C=Cc2ccccc2Cl)cc1. The molecular formula is C19H17ClN4O3S. The fourth-order valence-corrected chi connectivity index (χ4v) is 2.40. The maximum atomic E-state index is 12.1. The van der Waals surface area contributed by atoms with Crippen molar-refractivity contribution in [2.45, 2.75) is 6.92 Å². The van der Waals surface area contributed by atoms with Crippen molar-refractivity contribution in [3.63, 3.8) is 0 Å². The van der Waals surface area contributed by atoms with Crippen molar-refractivity contribution in [2.24, 2.45) is 0 Å². The third-order valence-electron chi connectivity index (χ3n) is 3.31. The molecule has 0 saturated heterocycles. The van der Waals surface area contributed by atoms with Gasteiger partial charge < -0.3 is 5.32 Å². The van der Waals surface area contributed by atoms with Crippen molar-refractivity contribution in [2.75, 3.05) is 5.32 Å². The number of anilines is 1. The number of amides is 3. The molecule has 7 nitrogen and oxygen atoms in total. The van der Waals surface area contributed by atoms with Crippen LogP contribution in [0.25, 0.3) is 6.08 Å². The number of hydrogen-bond acceptors (Lipinski definition) is 4. The van der Waals surface area contributed by atoms with Gasteiger partial charge in [-0.2, -0.15) is 0 Å². The van der Waals surface area contributed by atoms with Crippen molar-refractivity contribution < 1.29 is 14.4 Å². The topological polar surface area (TPSA) is 99.3 Å². The molecule has 28 heavy (non-hydrogen) atoms. The first-order valence-electron chi connectivity index (χ1n) is 8.06. The van der Waals surface area contributed by atoms with Crippen molar-refractivity contribution in [1.82, 2.24) is 16.2 Å². The van der Waals surface area contributed by atoms with E-state index in [9.17, 15) is 14.4 Å². The van der Waals surface area contributed by atoms with E-state index in [4.69, 9.17) is 23.8 Å². The lowest BCUT2D eigenvalue weighted by atomic mass is 10.2. The van der Waals surface area contributed by atoms with Gasteiger partial charge in [0, 0.05) is 29.3 Å². The van der Waals surface area contributed by atoms with Gasteiger partial charge in [-0.15, -0.1) is 0 Å². The number of hydrogen-bond donors (Lipinski definition) is 4. The van der Waals surface area contributed by atoms with Crippen LogP contribution in [0.4, 0.5) is 5.69 Å². The van der Waals surface area contributed by atoms with Crippen molar-refractivity contribution in [1.29, 1.82) is 0 Å². The predicted molar refractivity (Wildman–Crippen MR) is 113 cm³/mol. The second-order valence-electron chi connectivity index (χ2n) is 5.51. The van der Waals surface area contributed by atoms with Gasteiger partial charge in [-0.05, 0) is 54.2 Å². The largest absolute Gasteiger partial charge is 0.326 e. The van der Waals surface area contributed by atoms with E-state index in [2.05, 4.69) is 21.5 Å². The molecule has 0 aliphatic carbocycles. The number of carbonyl (C=O) groups is 3. The van der Waals surface area contributed by atoms with Crippen LogP contribution in [0.5, 0.6) is 0 Å². The van der Waals surface area contributed by atoms with E-state index in [1.54, 1.807) is 42.5 Å². The summed E-state index contributed by atoms with van der Waals surface area (Å²) in [6, 6.07) is 13.3. The molecule has 0 atom stereocenters. The molecule has 2 rings (SSSR count). The first-order chi connectivity index (χ1) is 13.3. The van der Waals surface area contributed by atoms with E-state index in [-0.39, 0.29) is 11.0 Å². The Morgan fingerprint density at radius 3 is 2.32 bits per heavy atom. The number of nitrogens with one attached hydrogen (secondary N) is 4. The second-order valence-corrected chi connectivity index (χ2v) is 6.33. The Labute approximate surface area is 172 Å². The van der Waals surface area contributed by atoms with Crippen LogP contribution in [-0.2, 0) is 9.59 Å². The molecule has 0 bridgehead atoms. The van der Waals surface area contributed by atoms with Gasteiger partial charge in [-0.25, -0.2) is 0 Å². The minimum atomic E-state index is -0.480. The van der Waals surface area contributed by atoms with Gasteiger partial charge >= 0.3 is 0 Å². The van der Waals surface area contributed by atoms with Crippen LogP contribution in [0, 0.1) is 0 Å². The van der Waals surface area contributed by atoms with E-state index >= 15 is 0 Å². The molecule has 0 heterocycles. The van der Waals surface area contributed by atoms with Crippen LogP contribution in [-0.4, -0.2) is 22.8 Å². The summed E-state index contributed by atoms with van der Waals surface area (Å²) in [4.78, 5) is 34.9. The lowest BCUT2D eigenvalue weighted by molar-refractivity contribution is -0.115. The summed E-state index contributed by atoms with van der Waals surface area (Å²) in [5.41, 5.74) is 6.41. The van der Waals surface area contributed by atoms with Crippen molar-refractivity contribution >= 4 is 58.4 Å². The molecule has 0 saturated carbocycles. The van der Waals surface area contributed by atoms with Crippen LogP contribution in [0.3, 0.4) is 0 Å². The predicted octanol–water partition coefficient (Wildman–Crippen LogP) is 2.65. The molecule has 0 spiro atoms. The molecule has 2 aromatic carbocycles. The summed E-state index contributed by atoms with van der Waals surface area (Å²) in [5.74, 6) is -1.15. The Kier molecular flexibility index (Phi) is 7.67. The lowest BCUT2D eigenvalue weighted by Crippen LogP contribution is -2.48. The van der Waals surface area contributed by atoms with Crippen LogP contribution in [0.1, 0.15) is 22.8 Å². The van der Waals surface area contributed by atoms with E-state index in [0.717, 1.165) is 0 Å². The maximum Gasteiger partial charge on any atom is 0.269 e. The molecule has 0 unspecified atom stereocenters. The quantitative estimate of drug-likeness (QED) is 0.349. The minimum Gasteiger partial charge on any atom is -0.326 e. The van der Waals surface area contributed by atoms with Crippen molar-refractivity contribution in [3.8, 4) is 0 Å². The van der Waals surface area contributed by atoms with Crippen LogP contribution in [0.15, 0.2) is 54.6 Å². The average Bonchev–Trinajstić information content (AvgIpc) is 2.65.